The highest BCUT2D eigenvalue weighted by molar-refractivity contribution is 6.31. The lowest BCUT2D eigenvalue weighted by Crippen LogP contribution is -2.12. The normalized spacial score (nSPS) is 10.7. The fourth-order valence-corrected chi connectivity index (χ4v) is 3.25. The van der Waals surface area contributed by atoms with E-state index in [1.807, 2.05) is 62.4 Å². The number of nitrogens with one attached hydrogen (secondary N) is 1. The maximum atomic E-state index is 12.7. The van der Waals surface area contributed by atoms with Crippen molar-refractivity contribution in [1.29, 1.82) is 0 Å². The Bertz CT molecular complexity index is 1200. The van der Waals surface area contributed by atoms with Crippen LogP contribution in [0.3, 0.4) is 0 Å². The number of carbonyl (C=O) groups excluding carboxylic acids is 1. The zero-order valence-electron chi connectivity index (χ0n) is 17.2. The van der Waals surface area contributed by atoms with Crippen LogP contribution in [0.15, 0.2) is 72.9 Å². The van der Waals surface area contributed by atoms with Crippen LogP contribution in [0.2, 0.25) is 5.02 Å². The van der Waals surface area contributed by atoms with Gasteiger partial charge in [-0.2, -0.15) is 5.10 Å². The van der Waals surface area contributed by atoms with Crippen LogP contribution in [0.25, 0.3) is 5.69 Å². The molecule has 6 nitrogen and oxygen atoms in total. The minimum atomic E-state index is -0.208. The summed E-state index contributed by atoms with van der Waals surface area (Å²) in [5, 5.41) is 7.98. The van der Waals surface area contributed by atoms with Crippen LogP contribution >= 0.6 is 11.6 Å². The molecule has 1 N–H and O–H groups in total. The number of halogens is 1. The van der Waals surface area contributed by atoms with E-state index < -0.39 is 0 Å². The molecule has 1 amide bonds. The minimum absolute atomic E-state index is 0.208. The lowest BCUT2D eigenvalue weighted by atomic mass is 10.2. The van der Waals surface area contributed by atoms with Gasteiger partial charge in [0.05, 0.1) is 27.8 Å². The number of carbonyl (C=O) groups is 1. The van der Waals surface area contributed by atoms with Crippen LogP contribution in [0.1, 0.15) is 27.4 Å². The van der Waals surface area contributed by atoms with E-state index in [2.05, 4.69) is 15.4 Å². The van der Waals surface area contributed by atoms with E-state index in [0.717, 1.165) is 22.8 Å². The van der Waals surface area contributed by atoms with Crippen molar-refractivity contribution in [2.75, 3.05) is 5.32 Å². The molecule has 0 radical (unpaired) electrons. The number of ether oxygens (including phenoxy) is 1. The van der Waals surface area contributed by atoms with E-state index >= 15 is 0 Å². The molecule has 0 saturated carbocycles. The number of anilines is 1. The number of aryl methyl sites for hydroxylation is 1. The summed E-state index contributed by atoms with van der Waals surface area (Å²) >= 11 is 6.23. The Morgan fingerprint density at radius 2 is 1.87 bits per heavy atom. The molecule has 156 valence electrons. The molecule has 0 aliphatic heterocycles. The molecule has 0 aliphatic carbocycles. The van der Waals surface area contributed by atoms with Gasteiger partial charge in [-0.05, 0) is 62.4 Å². The summed E-state index contributed by atoms with van der Waals surface area (Å²) < 4.78 is 7.54. The molecule has 7 heteroatoms. The Balaban J connectivity index is 1.43. The van der Waals surface area contributed by atoms with Crippen molar-refractivity contribution in [3.05, 3.63) is 101 Å². The molecular weight excluding hydrogens is 412 g/mol. The lowest BCUT2D eigenvalue weighted by molar-refractivity contribution is 0.102. The molecule has 0 fully saturated rings. The highest BCUT2D eigenvalue weighted by atomic mass is 35.5. The maximum Gasteiger partial charge on any atom is 0.255 e. The predicted molar refractivity (Wildman–Crippen MR) is 121 cm³/mol. The first kappa shape index (κ1) is 20.6. The van der Waals surface area contributed by atoms with E-state index in [1.165, 1.54) is 0 Å². The highest BCUT2D eigenvalue weighted by Gasteiger charge is 2.12. The summed E-state index contributed by atoms with van der Waals surface area (Å²) in [7, 11) is 0. The van der Waals surface area contributed by atoms with Crippen LogP contribution < -0.4 is 10.1 Å². The monoisotopic (exact) mass is 432 g/mol. The molecule has 2 heterocycles. The van der Waals surface area contributed by atoms with Gasteiger partial charge >= 0.3 is 0 Å². The molecule has 0 atom stereocenters. The summed E-state index contributed by atoms with van der Waals surface area (Å²) in [4.78, 5) is 16.9. The number of hydrogen-bond acceptors (Lipinski definition) is 4. The van der Waals surface area contributed by atoms with Crippen molar-refractivity contribution in [1.82, 2.24) is 14.8 Å². The molecule has 4 rings (SSSR count). The highest BCUT2D eigenvalue weighted by Crippen LogP contribution is 2.23. The SMILES string of the molecule is Cc1nn(-c2ccc(C(=O)Nc3cccc(OCc4ccccn4)c3)cc2)c(C)c1Cl. The van der Waals surface area contributed by atoms with Crippen molar-refractivity contribution < 1.29 is 9.53 Å². The summed E-state index contributed by atoms with van der Waals surface area (Å²) in [6, 6.07) is 20.2. The number of amides is 1. The van der Waals surface area contributed by atoms with Gasteiger partial charge in [-0.3, -0.25) is 9.78 Å². The summed E-state index contributed by atoms with van der Waals surface area (Å²) in [5.41, 5.74) is 4.49. The molecule has 31 heavy (non-hydrogen) atoms. The topological polar surface area (TPSA) is 69.0 Å². The third-order valence-corrected chi connectivity index (χ3v) is 5.33. The van der Waals surface area contributed by atoms with E-state index in [4.69, 9.17) is 16.3 Å². The van der Waals surface area contributed by atoms with Crippen molar-refractivity contribution in [2.24, 2.45) is 0 Å². The van der Waals surface area contributed by atoms with Gasteiger partial charge in [0.2, 0.25) is 0 Å². The Morgan fingerprint density at radius 1 is 1.06 bits per heavy atom. The molecule has 4 aromatic rings. The fourth-order valence-electron chi connectivity index (χ4n) is 3.14. The van der Waals surface area contributed by atoms with Crippen LogP contribution in [-0.4, -0.2) is 20.7 Å². The molecule has 2 aromatic heterocycles. The van der Waals surface area contributed by atoms with E-state index in [-0.39, 0.29) is 5.91 Å². The second-order valence-electron chi connectivity index (χ2n) is 7.04. The van der Waals surface area contributed by atoms with Gasteiger partial charge in [0.15, 0.2) is 0 Å². The van der Waals surface area contributed by atoms with Gasteiger partial charge in [-0.25, -0.2) is 4.68 Å². The number of nitrogens with zero attached hydrogens (tertiary/aromatic N) is 3. The predicted octanol–water partition coefficient (Wildman–Crippen LogP) is 5.37. The summed E-state index contributed by atoms with van der Waals surface area (Å²) in [6.07, 6.45) is 1.73. The first-order valence-electron chi connectivity index (χ1n) is 9.77. The van der Waals surface area contributed by atoms with Crippen molar-refractivity contribution in [3.63, 3.8) is 0 Å². The molecule has 0 aliphatic rings. The van der Waals surface area contributed by atoms with Gasteiger partial charge in [0.25, 0.3) is 5.91 Å². The third kappa shape index (κ3) is 4.75. The fraction of sp³-hybridized carbons (Fsp3) is 0.125. The van der Waals surface area contributed by atoms with Crippen molar-refractivity contribution in [3.8, 4) is 11.4 Å². The zero-order valence-corrected chi connectivity index (χ0v) is 17.9. The van der Waals surface area contributed by atoms with Gasteiger partial charge in [-0.1, -0.05) is 23.7 Å². The quantitative estimate of drug-likeness (QED) is 0.444. The van der Waals surface area contributed by atoms with Crippen molar-refractivity contribution >= 4 is 23.2 Å². The van der Waals surface area contributed by atoms with Crippen LogP contribution in [0, 0.1) is 13.8 Å². The average molecular weight is 433 g/mol. The second kappa shape index (κ2) is 9.02. The Morgan fingerprint density at radius 3 is 2.55 bits per heavy atom. The van der Waals surface area contributed by atoms with Gasteiger partial charge in [0, 0.05) is 23.5 Å². The number of hydrogen-bond donors (Lipinski definition) is 1. The molecule has 0 spiro atoms. The largest absolute Gasteiger partial charge is 0.487 e. The minimum Gasteiger partial charge on any atom is -0.487 e. The number of benzene rings is 2. The Labute approximate surface area is 185 Å². The third-order valence-electron chi connectivity index (χ3n) is 4.78. The van der Waals surface area contributed by atoms with Gasteiger partial charge in [0.1, 0.15) is 12.4 Å². The number of pyridine rings is 1. The first-order chi connectivity index (χ1) is 15.0. The maximum absolute atomic E-state index is 12.7. The summed E-state index contributed by atoms with van der Waals surface area (Å²) in [6.45, 7) is 4.13. The molecule has 2 aromatic carbocycles. The Hall–Kier alpha value is -3.64. The van der Waals surface area contributed by atoms with E-state index in [1.54, 1.807) is 29.1 Å². The summed E-state index contributed by atoms with van der Waals surface area (Å²) in [5.74, 6) is 0.444. The second-order valence-corrected chi connectivity index (χ2v) is 7.41. The molecular formula is C24H21ClN4O2. The smallest absolute Gasteiger partial charge is 0.255 e. The molecule has 0 unspecified atom stereocenters. The standard InChI is InChI=1S/C24H21ClN4O2/c1-16-23(25)17(2)29(28-16)21-11-9-18(10-12-21)24(30)27-19-7-5-8-22(14-19)31-15-20-6-3-4-13-26-20/h3-14H,15H2,1-2H3,(H,27,30). The van der Waals surface area contributed by atoms with E-state index in [9.17, 15) is 4.79 Å². The first-order valence-corrected chi connectivity index (χ1v) is 10.2. The lowest BCUT2D eigenvalue weighted by Gasteiger charge is -2.10. The number of aromatic nitrogens is 3. The van der Waals surface area contributed by atoms with Gasteiger partial charge in [-0.15, -0.1) is 0 Å². The average Bonchev–Trinajstić information content (AvgIpc) is 3.06. The van der Waals surface area contributed by atoms with Gasteiger partial charge < -0.3 is 10.1 Å². The van der Waals surface area contributed by atoms with Crippen LogP contribution in [-0.2, 0) is 6.61 Å². The van der Waals surface area contributed by atoms with Crippen LogP contribution in [0.5, 0.6) is 5.75 Å². The molecule has 0 saturated heterocycles. The van der Waals surface area contributed by atoms with Crippen molar-refractivity contribution in [2.45, 2.75) is 20.5 Å². The van der Waals surface area contributed by atoms with E-state index in [0.29, 0.717) is 28.6 Å². The molecule has 0 bridgehead atoms. The van der Waals surface area contributed by atoms with Crippen LogP contribution in [0.4, 0.5) is 5.69 Å². The number of rotatable bonds is 6. The Kier molecular flexibility index (Phi) is 6.00. The zero-order chi connectivity index (χ0) is 21.8.